The topological polar surface area (TPSA) is 37.7 Å². The van der Waals surface area contributed by atoms with E-state index in [0.29, 0.717) is 0 Å². The number of aromatic nitrogens is 1. The van der Waals surface area contributed by atoms with E-state index in [0.717, 1.165) is 56.1 Å². The lowest BCUT2D eigenvalue weighted by Crippen LogP contribution is -2.38. The highest BCUT2D eigenvalue weighted by Gasteiger charge is 2.29. The molecule has 3 aromatic carbocycles. The lowest BCUT2D eigenvalue weighted by Gasteiger charge is -2.34. The van der Waals surface area contributed by atoms with Crippen LogP contribution in [0.2, 0.25) is 0 Å². The monoisotopic (exact) mass is 539 g/mol. The predicted octanol–water partition coefficient (Wildman–Crippen LogP) is 7.93. The second kappa shape index (κ2) is 9.10. The molecule has 0 unspecified atom stereocenters. The average molecular weight is 540 g/mol. The van der Waals surface area contributed by atoms with Crippen LogP contribution >= 0.6 is 0 Å². The van der Waals surface area contributed by atoms with E-state index >= 15 is 0 Å². The molecule has 212 valence electrons. The molecule has 5 rings (SSSR count). The highest BCUT2D eigenvalue weighted by molar-refractivity contribution is 6.08. The zero-order chi connectivity index (χ0) is 29.5. The molecule has 4 aromatic rings. The van der Waals surface area contributed by atoms with E-state index in [1.807, 2.05) is 25.2 Å². The van der Waals surface area contributed by atoms with Gasteiger partial charge in [-0.2, -0.15) is 0 Å². The van der Waals surface area contributed by atoms with Crippen molar-refractivity contribution in [3.05, 3.63) is 63.3 Å². The van der Waals surface area contributed by atoms with Crippen molar-refractivity contribution in [3.63, 3.8) is 0 Å². The molecule has 0 saturated heterocycles. The number of hydrazine groups is 1. The summed E-state index contributed by atoms with van der Waals surface area (Å²) in [5, 5.41) is 7.90. The fourth-order valence-electron chi connectivity index (χ4n) is 6.23. The SMILES string of the molecule is CCN(c1cc2c(c3c1c(=O)c1cc4cc(C(C)(C)C)c(C(C)(C)C)cc4cc1n3C)C=CC(C)(C)O2)N(C)C. The first kappa shape index (κ1) is 28.2. The molecule has 5 nitrogen and oxygen atoms in total. The second-order valence-corrected chi connectivity index (χ2v) is 14.1. The molecular formula is C35H45N3O2. The first-order chi connectivity index (χ1) is 18.4. The van der Waals surface area contributed by atoms with Gasteiger partial charge in [-0.1, -0.05) is 53.7 Å². The minimum Gasteiger partial charge on any atom is -0.483 e. The third-order valence-corrected chi connectivity index (χ3v) is 8.24. The number of ether oxygens (including phenoxy) is 1. The summed E-state index contributed by atoms with van der Waals surface area (Å²) in [6.07, 6.45) is 4.20. The fraction of sp³-hybridized carbons (Fsp3) is 0.457. The minimum absolute atomic E-state index is 0.000269. The largest absolute Gasteiger partial charge is 0.483 e. The molecule has 2 heterocycles. The number of rotatable bonds is 3. The van der Waals surface area contributed by atoms with Crippen molar-refractivity contribution >= 4 is 44.3 Å². The number of aryl methyl sites for hydroxylation is 1. The maximum Gasteiger partial charge on any atom is 0.199 e. The van der Waals surface area contributed by atoms with Crippen LogP contribution in [0.15, 0.2) is 41.2 Å². The van der Waals surface area contributed by atoms with Gasteiger partial charge in [0.25, 0.3) is 0 Å². The quantitative estimate of drug-likeness (QED) is 0.196. The average Bonchev–Trinajstić information content (AvgIpc) is 2.83. The smallest absolute Gasteiger partial charge is 0.199 e. The number of pyridine rings is 1. The van der Waals surface area contributed by atoms with Crippen LogP contribution < -0.4 is 15.2 Å². The van der Waals surface area contributed by atoms with Crippen LogP contribution in [0.5, 0.6) is 5.75 Å². The molecular weight excluding hydrogens is 494 g/mol. The van der Waals surface area contributed by atoms with E-state index in [2.05, 4.69) is 115 Å². The van der Waals surface area contributed by atoms with Gasteiger partial charge < -0.3 is 14.3 Å². The number of anilines is 1. The minimum atomic E-state index is -0.423. The Bertz CT molecular complexity index is 1760. The standard InChI is InChI=1S/C35H45N3O2/c1-13-38(36(10)11)28-20-29-23(14-15-35(8,9)40-29)31-30(28)32(39)24-16-21-17-25(33(2,3)4)26(34(5,6)7)18-22(21)19-27(24)37(31)12/h14-20H,13H2,1-12H3. The first-order valence-electron chi connectivity index (χ1n) is 14.4. The van der Waals surface area contributed by atoms with Crippen molar-refractivity contribution in [2.45, 2.75) is 78.7 Å². The van der Waals surface area contributed by atoms with Crippen LogP contribution in [0.1, 0.15) is 79.0 Å². The Morgan fingerprint density at radius 2 is 1.48 bits per heavy atom. The lowest BCUT2D eigenvalue weighted by molar-refractivity contribution is 0.159. The molecule has 0 amide bonds. The van der Waals surface area contributed by atoms with Gasteiger partial charge >= 0.3 is 0 Å². The van der Waals surface area contributed by atoms with E-state index in [-0.39, 0.29) is 16.3 Å². The summed E-state index contributed by atoms with van der Waals surface area (Å²) in [5.74, 6) is 0.801. The molecule has 5 heteroatoms. The normalized spacial score (nSPS) is 15.2. The van der Waals surface area contributed by atoms with Gasteiger partial charge in [-0.3, -0.25) is 4.79 Å². The fourth-order valence-corrected chi connectivity index (χ4v) is 6.23. The summed E-state index contributed by atoms with van der Waals surface area (Å²) < 4.78 is 8.66. The van der Waals surface area contributed by atoms with Gasteiger partial charge in [0.2, 0.25) is 0 Å². The van der Waals surface area contributed by atoms with E-state index < -0.39 is 5.60 Å². The van der Waals surface area contributed by atoms with Crippen molar-refractivity contribution in [1.82, 2.24) is 9.58 Å². The summed E-state index contributed by atoms with van der Waals surface area (Å²) in [5.41, 5.74) is 5.94. The van der Waals surface area contributed by atoms with E-state index in [9.17, 15) is 4.79 Å². The number of hydrogen-bond donors (Lipinski definition) is 0. The molecule has 0 N–H and O–H groups in total. The highest BCUT2D eigenvalue weighted by atomic mass is 16.5. The van der Waals surface area contributed by atoms with Crippen LogP contribution in [0.3, 0.4) is 0 Å². The zero-order valence-corrected chi connectivity index (χ0v) is 26.4. The van der Waals surface area contributed by atoms with Crippen molar-refractivity contribution in [2.24, 2.45) is 7.05 Å². The highest BCUT2D eigenvalue weighted by Crippen LogP contribution is 2.42. The Labute approximate surface area is 239 Å². The third kappa shape index (κ3) is 4.49. The number of nitrogens with zero attached hydrogens (tertiary/aromatic N) is 3. The van der Waals surface area contributed by atoms with Gasteiger partial charge in [-0.15, -0.1) is 0 Å². The van der Waals surface area contributed by atoms with Gasteiger partial charge in [0.15, 0.2) is 5.43 Å². The maximum atomic E-state index is 14.5. The summed E-state index contributed by atoms with van der Waals surface area (Å²) in [7, 11) is 6.10. The lowest BCUT2D eigenvalue weighted by atomic mass is 9.74. The number of hydrogen-bond acceptors (Lipinski definition) is 4. The van der Waals surface area contributed by atoms with Crippen LogP contribution in [-0.4, -0.2) is 35.8 Å². The van der Waals surface area contributed by atoms with Crippen molar-refractivity contribution in [1.29, 1.82) is 0 Å². The Hall–Kier alpha value is -3.31. The molecule has 0 aliphatic carbocycles. The van der Waals surface area contributed by atoms with Crippen molar-refractivity contribution in [3.8, 4) is 5.75 Å². The van der Waals surface area contributed by atoms with Crippen LogP contribution in [0.4, 0.5) is 5.69 Å². The Balaban J connectivity index is 1.97. The van der Waals surface area contributed by atoms with Gasteiger partial charge in [-0.25, -0.2) is 5.01 Å². The van der Waals surface area contributed by atoms with Gasteiger partial charge in [0.1, 0.15) is 11.4 Å². The van der Waals surface area contributed by atoms with Crippen LogP contribution in [0.25, 0.3) is 38.7 Å². The molecule has 1 aliphatic heterocycles. The molecule has 0 atom stereocenters. The molecule has 0 fully saturated rings. The Morgan fingerprint density at radius 1 is 0.900 bits per heavy atom. The molecule has 0 spiro atoms. The summed E-state index contributed by atoms with van der Waals surface area (Å²) in [6.45, 7) is 20.6. The molecule has 40 heavy (non-hydrogen) atoms. The molecule has 1 aromatic heterocycles. The summed E-state index contributed by atoms with van der Waals surface area (Å²) in [4.78, 5) is 14.5. The van der Waals surface area contributed by atoms with E-state index in [1.165, 1.54) is 11.1 Å². The van der Waals surface area contributed by atoms with Gasteiger partial charge in [-0.05, 0) is 77.8 Å². The summed E-state index contributed by atoms with van der Waals surface area (Å²) >= 11 is 0. The van der Waals surface area contributed by atoms with Crippen LogP contribution in [-0.2, 0) is 17.9 Å². The Morgan fingerprint density at radius 3 is 2.00 bits per heavy atom. The van der Waals surface area contributed by atoms with E-state index in [4.69, 9.17) is 4.74 Å². The molecule has 1 aliphatic rings. The molecule has 0 bridgehead atoms. The zero-order valence-electron chi connectivity index (χ0n) is 26.4. The number of fused-ring (bicyclic) bond motifs is 5. The van der Waals surface area contributed by atoms with Crippen LogP contribution in [0, 0.1) is 0 Å². The molecule has 0 radical (unpaired) electrons. The van der Waals surface area contributed by atoms with Gasteiger partial charge in [0.05, 0.1) is 22.1 Å². The van der Waals surface area contributed by atoms with E-state index in [1.54, 1.807) is 0 Å². The summed E-state index contributed by atoms with van der Waals surface area (Å²) in [6, 6.07) is 11.0. The second-order valence-electron chi connectivity index (χ2n) is 14.1. The van der Waals surface area contributed by atoms with Crippen molar-refractivity contribution < 1.29 is 4.74 Å². The Kier molecular flexibility index (Phi) is 6.42. The van der Waals surface area contributed by atoms with Gasteiger partial charge in [0, 0.05) is 44.7 Å². The van der Waals surface area contributed by atoms with Crippen molar-refractivity contribution in [2.75, 3.05) is 25.6 Å². The third-order valence-electron chi connectivity index (χ3n) is 8.24. The predicted molar refractivity (Wildman–Crippen MR) is 172 cm³/mol. The maximum absolute atomic E-state index is 14.5. The molecule has 0 saturated carbocycles. The first-order valence-corrected chi connectivity index (χ1v) is 14.4. The number of benzene rings is 3.